The number of nitrogens with zero attached hydrogens (tertiary/aromatic N) is 6. The summed E-state index contributed by atoms with van der Waals surface area (Å²) in [6, 6.07) is 4.30. The first kappa shape index (κ1) is 22.2. The average Bonchev–Trinajstić information content (AvgIpc) is 3.32. The molecule has 4 heterocycles. The van der Waals surface area contributed by atoms with Crippen LogP contribution in [0.2, 0.25) is 0 Å². The topological polar surface area (TPSA) is 168 Å². The Morgan fingerprint density at radius 3 is 2.58 bits per heavy atom. The lowest BCUT2D eigenvalue weighted by Gasteiger charge is -2.30. The molecule has 0 amide bonds. The molecule has 0 saturated carbocycles. The number of aromatic nitrogens is 5. The van der Waals surface area contributed by atoms with E-state index in [9.17, 15) is 9.90 Å². The highest BCUT2D eigenvalue weighted by atomic mass is 16.4. The van der Waals surface area contributed by atoms with Gasteiger partial charge in [-0.25, -0.2) is 14.6 Å². The van der Waals surface area contributed by atoms with Crippen molar-refractivity contribution in [3.63, 3.8) is 0 Å². The second kappa shape index (κ2) is 9.51. The molecular formula is C19H24N6O6. The van der Waals surface area contributed by atoms with Gasteiger partial charge in [0.05, 0.1) is 0 Å². The van der Waals surface area contributed by atoms with Gasteiger partial charge in [0.15, 0.2) is 11.4 Å². The number of pyridine rings is 1. The molecule has 1 fully saturated rings. The third-order valence-electron chi connectivity index (χ3n) is 4.89. The van der Waals surface area contributed by atoms with Crippen molar-refractivity contribution in [1.29, 1.82) is 0 Å². The van der Waals surface area contributed by atoms with Crippen molar-refractivity contribution in [3.05, 3.63) is 29.5 Å². The Kier molecular flexibility index (Phi) is 6.80. The van der Waals surface area contributed by atoms with Gasteiger partial charge in [-0.05, 0) is 38.8 Å². The second-order valence-electron chi connectivity index (χ2n) is 7.19. The van der Waals surface area contributed by atoms with E-state index in [1.165, 1.54) is 4.68 Å². The van der Waals surface area contributed by atoms with E-state index in [1.807, 2.05) is 19.1 Å². The summed E-state index contributed by atoms with van der Waals surface area (Å²) in [7, 11) is 0. The van der Waals surface area contributed by atoms with Crippen LogP contribution in [0.1, 0.15) is 49.1 Å². The molecule has 12 heteroatoms. The maximum Gasteiger partial charge on any atom is 0.325 e. The zero-order chi connectivity index (χ0) is 22.5. The van der Waals surface area contributed by atoms with Crippen LogP contribution in [0.4, 0.5) is 6.01 Å². The summed E-state index contributed by atoms with van der Waals surface area (Å²) in [5.74, 6) is -0.0813. The Bertz CT molecular complexity index is 1050. The van der Waals surface area contributed by atoms with E-state index in [-0.39, 0.29) is 24.8 Å². The van der Waals surface area contributed by atoms with Gasteiger partial charge in [0, 0.05) is 24.7 Å². The Balaban J connectivity index is 0.000000858. The quantitative estimate of drug-likeness (QED) is 0.498. The molecule has 0 radical (unpaired) electrons. The van der Waals surface area contributed by atoms with Gasteiger partial charge in [-0.15, -0.1) is 0 Å². The Hall–Kier alpha value is -3.54. The van der Waals surface area contributed by atoms with Crippen LogP contribution in [-0.4, -0.2) is 65.6 Å². The molecule has 166 valence electrons. The summed E-state index contributed by atoms with van der Waals surface area (Å²) in [6.45, 7) is 4.34. The van der Waals surface area contributed by atoms with Crippen molar-refractivity contribution in [3.8, 4) is 0 Å². The third-order valence-corrected chi connectivity index (χ3v) is 4.89. The van der Waals surface area contributed by atoms with Crippen LogP contribution in [0.3, 0.4) is 0 Å². The number of rotatable bonds is 5. The van der Waals surface area contributed by atoms with Crippen molar-refractivity contribution < 1.29 is 29.3 Å². The number of aliphatic hydroxyl groups is 1. The van der Waals surface area contributed by atoms with E-state index in [1.54, 1.807) is 6.92 Å². The molecular weight excluding hydrogens is 408 g/mol. The first-order chi connectivity index (χ1) is 14.8. The van der Waals surface area contributed by atoms with Crippen LogP contribution < -0.4 is 4.90 Å². The highest BCUT2D eigenvalue weighted by Gasteiger charge is 2.29. The minimum Gasteiger partial charge on any atom is -0.483 e. The number of carboxylic acids is 1. The second-order valence-corrected chi connectivity index (χ2v) is 7.19. The monoisotopic (exact) mass is 432 g/mol. The number of aryl methyl sites for hydroxylation is 1. The molecule has 0 aliphatic carbocycles. The number of fused-ring (bicyclic) bond motifs is 1. The predicted molar refractivity (Wildman–Crippen MR) is 108 cm³/mol. The summed E-state index contributed by atoms with van der Waals surface area (Å²) in [5.41, 5.74) is 2.14. The minimum atomic E-state index is -0.991. The maximum absolute atomic E-state index is 11.1. The van der Waals surface area contributed by atoms with Gasteiger partial charge in [-0.2, -0.15) is 10.1 Å². The van der Waals surface area contributed by atoms with Crippen molar-refractivity contribution in [1.82, 2.24) is 24.7 Å². The molecule has 3 aromatic rings. The molecule has 1 unspecified atom stereocenters. The molecule has 1 aliphatic rings. The van der Waals surface area contributed by atoms with Crippen LogP contribution >= 0.6 is 0 Å². The molecule has 1 aliphatic heterocycles. The number of aliphatic carboxylic acids is 1. The molecule has 4 rings (SSSR count). The summed E-state index contributed by atoms with van der Waals surface area (Å²) in [5, 5.41) is 29.9. The maximum atomic E-state index is 11.1. The van der Waals surface area contributed by atoms with Gasteiger partial charge >= 0.3 is 5.97 Å². The SMILES string of the molecule is Cc1ccc2oc(N3CCC(c4nc(C(C)O)nn4CC(=O)O)CC3)nc2n1.O=CO. The molecule has 0 aromatic carbocycles. The van der Waals surface area contributed by atoms with E-state index in [4.69, 9.17) is 19.4 Å². The minimum absolute atomic E-state index is 0.0559. The largest absolute Gasteiger partial charge is 0.483 e. The molecule has 0 bridgehead atoms. The van der Waals surface area contributed by atoms with Crippen molar-refractivity contribution in [2.75, 3.05) is 18.0 Å². The van der Waals surface area contributed by atoms with Crippen molar-refractivity contribution in [2.24, 2.45) is 0 Å². The molecule has 31 heavy (non-hydrogen) atoms. The zero-order valence-electron chi connectivity index (χ0n) is 17.2. The number of hydrogen-bond acceptors (Lipinski definition) is 9. The van der Waals surface area contributed by atoms with E-state index in [0.29, 0.717) is 36.2 Å². The summed E-state index contributed by atoms with van der Waals surface area (Å²) in [6.07, 6.45) is 0.662. The predicted octanol–water partition coefficient (Wildman–Crippen LogP) is 1.35. The average molecular weight is 432 g/mol. The molecule has 3 N–H and O–H groups in total. The van der Waals surface area contributed by atoms with Crippen LogP contribution in [-0.2, 0) is 16.1 Å². The number of anilines is 1. The number of piperidine rings is 1. The van der Waals surface area contributed by atoms with Gasteiger partial charge in [0.25, 0.3) is 12.5 Å². The Morgan fingerprint density at radius 1 is 1.29 bits per heavy atom. The summed E-state index contributed by atoms with van der Waals surface area (Å²) in [4.78, 5) is 34.8. The number of oxazole rings is 1. The lowest BCUT2D eigenvalue weighted by Crippen LogP contribution is -2.34. The fourth-order valence-electron chi connectivity index (χ4n) is 3.46. The van der Waals surface area contributed by atoms with Gasteiger partial charge < -0.3 is 24.6 Å². The van der Waals surface area contributed by atoms with E-state index in [2.05, 4.69) is 25.0 Å². The van der Waals surface area contributed by atoms with Gasteiger partial charge in [0.1, 0.15) is 18.5 Å². The molecule has 1 atom stereocenters. The van der Waals surface area contributed by atoms with Gasteiger partial charge in [0.2, 0.25) is 5.65 Å². The highest BCUT2D eigenvalue weighted by Crippen LogP contribution is 2.31. The standard InChI is InChI=1S/C18H22N6O4.CH2O2/c1-10-3-4-13-16(19-10)21-18(28-13)23-7-5-12(6-8-23)17-20-15(11(2)25)22-24(17)9-14(26)27;2-1-3/h3-4,11-12,25H,5-9H2,1-2H3,(H,26,27);1H,(H,2,3). The lowest BCUT2D eigenvalue weighted by molar-refractivity contribution is -0.138. The first-order valence-electron chi connectivity index (χ1n) is 9.73. The van der Waals surface area contributed by atoms with E-state index in [0.717, 1.165) is 18.5 Å². The fraction of sp³-hybridized carbons (Fsp3) is 0.474. The summed E-state index contributed by atoms with van der Waals surface area (Å²) >= 11 is 0. The first-order valence-corrected chi connectivity index (χ1v) is 9.73. The van der Waals surface area contributed by atoms with Crippen LogP contribution in [0.5, 0.6) is 0 Å². The zero-order valence-corrected chi connectivity index (χ0v) is 17.2. The summed E-state index contributed by atoms with van der Waals surface area (Å²) < 4.78 is 7.21. The van der Waals surface area contributed by atoms with Gasteiger partial charge in [-0.3, -0.25) is 9.59 Å². The smallest absolute Gasteiger partial charge is 0.325 e. The van der Waals surface area contributed by atoms with Crippen LogP contribution in [0, 0.1) is 6.92 Å². The number of aliphatic hydroxyl groups excluding tert-OH is 1. The molecule has 12 nitrogen and oxygen atoms in total. The lowest BCUT2D eigenvalue weighted by atomic mass is 9.96. The third kappa shape index (κ3) is 5.15. The van der Waals surface area contributed by atoms with Gasteiger partial charge in [-0.1, -0.05) is 0 Å². The normalized spacial score (nSPS) is 15.4. The number of carboxylic acid groups (broad SMARTS) is 2. The Morgan fingerprint density at radius 2 is 1.97 bits per heavy atom. The number of carbonyl (C=O) groups is 2. The van der Waals surface area contributed by atoms with Crippen LogP contribution in [0.15, 0.2) is 16.5 Å². The van der Waals surface area contributed by atoms with Crippen LogP contribution in [0.25, 0.3) is 11.2 Å². The number of hydrogen-bond donors (Lipinski definition) is 3. The van der Waals surface area contributed by atoms with Crippen molar-refractivity contribution >= 4 is 29.7 Å². The molecule has 3 aromatic heterocycles. The Labute approximate surface area is 177 Å². The molecule has 1 saturated heterocycles. The van der Waals surface area contributed by atoms with E-state index < -0.39 is 12.1 Å². The van der Waals surface area contributed by atoms with Crippen molar-refractivity contribution in [2.45, 2.75) is 45.3 Å². The fourth-order valence-corrected chi connectivity index (χ4v) is 3.46. The highest BCUT2D eigenvalue weighted by molar-refractivity contribution is 5.70. The molecule has 0 spiro atoms. The van der Waals surface area contributed by atoms with E-state index >= 15 is 0 Å².